The van der Waals surface area contributed by atoms with E-state index in [0.717, 1.165) is 57.4 Å². The molecule has 25 heavy (non-hydrogen) atoms. The van der Waals surface area contributed by atoms with Crippen molar-refractivity contribution < 1.29 is 9.47 Å². The fraction of sp³-hybridized carbons (Fsp3) is 0.650. The monoisotopic (exact) mass is 345 g/mol. The van der Waals surface area contributed by atoms with Gasteiger partial charge in [-0.2, -0.15) is 0 Å². The number of methoxy groups -OCH3 is 1. The predicted molar refractivity (Wildman–Crippen MR) is 101 cm³/mol. The Bertz CT molecular complexity index is 571. The summed E-state index contributed by atoms with van der Waals surface area (Å²) in [7, 11) is 1.70. The van der Waals surface area contributed by atoms with E-state index >= 15 is 0 Å². The van der Waals surface area contributed by atoms with Gasteiger partial charge in [0.25, 0.3) is 0 Å². The molecule has 0 amide bonds. The van der Waals surface area contributed by atoms with Crippen LogP contribution in [-0.4, -0.2) is 50.8 Å². The number of guanidine groups is 1. The van der Waals surface area contributed by atoms with Crippen LogP contribution < -0.4 is 10.5 Å². The highest BCUT2D eigenvalue weighted by atomic mass is 16.5. The highest BCUT2D eigenvalue weighted by Gasteiger charge is 2.34. The van der Waals surface area contributed by atoms with Crippen LogP contribution >= 0.6 is 0 Å². The minimum Gasteiger partial charge on any atom is -0.497 e. The van der Waals surface area contributed by atoms with Gasteiger partial charge in [0.05, 0.1) is 13.7 Å². The van der Waals surface area contributed by atoms with Gasteiger partial charge in [0.15, 0.2) is 5.96 Å². The van der Waals surface area contributed by atoms with Gasteiger partial charge in [-0.1, -0.05) is 19.1 Å². The summed E-state index contributed by atoms with van der Waals surface area (Å²) >= 11 is 0. The molecule has 2 aliphatic heterocycles. The zero-order chi connectivity index (χ0) is 17.7. The molecule has 0 atom stereocenters. The molecule has 0 bridgehead atoms. The summed E-state index contributed by atoms with van der Waals surface area (Å²) in [4.78, 5) is 7.06. The van der Waals surface area contributed by atoms with Crippen LogP contribution in [0.3, 0.4) is 0 Å². The maximum absolute atomic E-state index is 6.32. The lowest BCUT2D eigenvalue weighted by Gasteiger charge is -2.37. The molecule has 0 unspecified atom stereocenters. The van der Waals surface area contributed by atoms with Crippen LogP contribution in [0, 0.1) is 5.92 Å². The summed E-state index contributed by atoms with van der Waals surface area (Å²) < 4.78 is 10.9. The van der Waals surface area contributed by atoms with E-state index in [2.05, 4.69) is 24.0 Å². The predicted octanol–water partition coefficient (Wildman–Crippen LogP) is 2.79. The molecule has 0 radical (unpaired) electrons. The van der Waals surface area contributed by atoms with E-state index in [9.17, 15) is 0 Å². The van der Waals surface area contributed by atoms with E-state index in [1.807, 2.05) is 12.1 Å². The van der Waals surface area contributed by atoms with Gasteiger partial charge in [-0.15, -0.1) is 0 Å². The fourth-order valence-electron chi connectivity index (χ4n) is 3.81. The lowest BCUT2D eigenvalue weighted by molar-refractivity contribution is 0.0530. The van der Waals surface area contributed by atoms with E-state index < -0.39 is 0 Å². The Kier molecular flexibility index (Phi) is 5.84. The average Bonchev–Trinajstić information content (AvgIpc) is 2.67. The maximum atomic E-state index is 6.32. The zero-order valence-corrected chi connectivity index (χ0v) is 15.5. The van der Waals surface area contributed by atoms with Crippen LogP contribution in [-0.2, 0) is 10.2 Å². The van der Waals surface area contributed by atoms with Gasteiger partial charge >= 0.3 is 0 Å². The van der Waals surface area contributed by atoms with Crippen LogP contribution in [0.4, 0.5) is 0 Å². The number of ether oxygens (including phenoxy) is 2. The Morgan fingerprint density at radius 2 is 1.88 bits per heavy atom. The zero-order valence-electron chi connectivity index (χ0n) is 15.5. The molecule has 0 spiro atoms. The maximum Gasteiger partial charge on any atom is 0.191 e. The molecule has 5 heteroatoms. The van der Waals surface area contributed by atoms with Crippen molar-refractivity contribution >= 4 is 5.96 Å². The largest absolute Gasteiger partial charge is 0.497 e. The van der Waals surface area contributed by atoms with Crippen molar-refractivity contribution in [3.05, 3.63) is 29.8 Å². The van der Waals surface area contributed by atoms with Crippen LogP contribution in [0.15, 0.2) is 29.3 Å². The normalized spacial score (nSPS) is 22.0. The molecule has 5 nitrogen and oxygen atoms in total. The molecule has 2 heterocycles. The molecule has 3 rings (SSSR count). The van der Waals surface area contributed by atoms with Gasteiger partial charge < -0.3 is 20.1 Å². The minimum atomic E-state index is 0.0121. The van der Waals surface area contributed by atoms with Gasteiger partial charge in [0, 0.05) is 31.7 Å². The molecule has 0 saturated carbocycles. The van der Waals surface area contributed by atoms with Gasteiger partial charge in [-0.25, -0.2) is 0 Å². The number of rotatable bonds is 4. The Hall–Kier alpha value is -1.75. The van der Waals surface area contributed by atoms with E-state index in [-0.39, 0.29) is 5.41 Å². The van der Waals surface area contributed by atoms with Crippen molar-refractivity contribution in [1.82, 2.24) is 4.90 Å². The number of likely N-dealkylation sites (tertiary alicyclic amines) is 1. The van der Waals surface area contributed by atoms with Gasteiger partial charge in [-0.3, -0.25) is 4.99 Å². The smallest absolute Gasteiger partial charge is 0.191 e. The summed E-state index contributed by atoms with van der Waals surface area (Å²) in [6.07, 6.45) is 4.36. The van der Waals surface area contributed by atoms with Crippen molar-refractivity contribution in [3.63, 3.8) is 0 Å². The highest BCUT2D eigenvalue weighted by molar-refractivity contribution is 5.78. The van der Waals surface area contributed by atoms with Gasteiger partial charge in [-0.05, 0) is 49.3 Å². The van der Waals surface area contributed by atoms with E-state index in [0.29, 0.717) is 5.96 Å². The lowest BCUT2D eigenvalue weighted by atomic mass is 9.74. The molecule has 0 aromatic heterocycles. The Balaban J connectivity index is 1.75. The number of nitrogens with two attached hydrogens (primary N) is 1. The standard InChI is InChI=1S/C20H31N3O2/c1-16-7-11-23(12-8-16)19(21)22-15-20(9-13-25-14-10-20)17-3-5-18(24-2)6-4-17/h3-6,16H,7-15H2,1-2H3,(H2,21,22). The number of benzene rings is 1. The van der Waals surface area contributed by atoms with Crippen LogP contribution in [0.2, 0.25) is 0 Å². The number of nitrogens with zero attached hydrogens (tertiary/aromatic N) is 2. The Morgan fingerprint density at radius 1 is 1.24 bits per heavy atom. The summed E-state index contributed by atoms with van der Waals surface area (Å²) in [5.74, 6) is 2.38. The van der Waals surface area contributed by atoms with E-state index in [4.69, 9.17) is 20.2 Å². The van der Waals surface area contributed by atoms with Crippen LogP contribution in [0.25, 0.3) is 0 Å². The number of hydrogen-bond acceptors (Lipinski definition) is 3. The second-order valence-corrected chi connectivity index (χ2v) is 7.47. The number of piperidine rings is 1. The third-order valence-electron chi connectivity index (χ3n) is 5.80. The van der Waals surface area contributed by atoms with Crippen LogP contribution in [0.5, 0.6) is 5.75 Å². The van der Waals surface area contributed by atoms with Crippen LogP contribution in [0.1, 0.15) is 38.2 Å². The van der Waals surface area contributed by atoms with Crippen molar-refractivity contribution in [3.8, 4) is 5.75 Å². The van der Waals surface area contributed by atoms with E-state index in [1.165, 1.54) is 18.4 Å². The van der Waals surface area contributed by atoms with Crippen molar-refractivity contribution in [1.29, 1.82) is 0 Å². The number of hydrogen-bond donors (Lipinski definition) is 1. The first kappa shape index (κ1) is 18.1. The van der Waals surface area contributed by atoms with Crippen molar-refractivity contribution in [2.45, 2.75) is 38.0 Å². The first-order chi connectivity index (χ1) is 12.1. The fourth-order valence-corrected chi connectivity index (χ4v) is 3.81. The molecule has 1 aromatic carbocycles. The van der Waals surface area contributed by atoms with Gasteiger partial charge in [0.2, 0.25) is 0 Å². The summed E-state index contributed by atoms with van der Waals surface area (Å²) in [5, 5.41) is 0. The SMILES string of the molecule is COc1ccc(C2(CN=C(N)N3CCC(C)CC3)CCOCC2)cc1. The highest BCUT2D eigenvalue weighted by Crippen LogP contribution is 2.36. The van der Waals surface area contributed by atoms with Crippen molar-refractivity contribution in [2.24, 2.45) is 16.6 Å². The quantitative estimate of drug-likeness (QED) is 0.673. The Labute approximate surface area is 151 Å². The average molecular weight is 345 g/mol. The Morgan fingerprint density at radius 3 is 2.48 bits per heavy atom. The van der Waals surface area contributed by atoms with Crippen molar-refractivity contribution in [2.75, 3.05) is 40.0 Å². The number of aliphatic imine (C=N–C) groups is 1. The summed E-state index contributed by atoms with van der Waals surface area (Å²) in [6.45, 7) is 6.64. The third kappa shape index (κ3) is 4.27. The molecular formula is C20H31N3O2. The summed E-state index contributed by atoms with van der Waals surface area (Å²) in [6, 6.07) is 8.40. The van der Waals surface area contributed by atoms with E-state index in [1.54, 1.807) is 7.11 Å². The lowest BCUT2D eigenvalue weighted by Crippen LogP contribution is -2.44. The minimum absolute atomic E-state index is 0.0121. The van der Waals surface area contributed by atoms with Gasteiger partial charge in [0.1, 0.15) is 5.75 Å². The molecule has 0 aliphatic carbocycles. The topological polar surface area (TPSA) is 60.1 Å². The molecule has 1 aromatic rings. The molecule has 2 aliphatic rings. The summed E-state index contributed by atoms with van der Waals surface area (Å²) in [5.41, 5.74) is 7.64. The molecule has 2 N–H and O–H groups in total. The second-order valence-electron chi connectivity index (χ2n) is 7.47. The third-order valence-corrected chi connectivity index (χ3v) is 5.80. The molecule has 2 saturated heterocycles. The first-order valence-corrected chi connectivity index (χ1v) is 9.40. The molecular weight excluding hydrogens is 314 g/mol. The molecule has 138 valence electrons. The molecule has 2 fully saturated rings. The second kappa shape index (κ2) is 8.09. The first-order valence-electron chi connectivity index (χ1n) is 9.40.